The summed E-state index contributed by atoms with van der Waals surface area (Å²) in [6, 6.07) is 14.1. The normalized spacial score (nSPS) is 23.8. The minimum Gasteiger partial charge on any atom is -0.462 e. The Kier molecular flexibility index (Phi) is 6.95. The number of benzene rings is 2. The van der Waals surface area contributed by atoms with Crippen LogP contribution in [-0.2, 0) is 11.2 Å². The summed E-state index contributed by atoms with van der Waals surface area (Å²) in [7, 11) is 0. The van der Waals surface area contributed by atoms with Crippen molar-refractivity contribution in [2.24, 2.45) is 22.9 Å². The summed E-state index contributed by atoms with van der Waals surface area (Å²) in [5.74, 6) is 1.25. The molecule has 0 bridgehead atoms. The molecule has 0 radical (unpaired) electrons. The first kappa shape index (κ1) is 24.5. The predicted molar refractivity (Wildman–Crippen MR) is 146 cm³/mol. The van der Waals surface area contributed by atoms with E-state index in [1.165, 1.54) is 63.4 Å². The van der Waals surface area contributed by atoms with Crippen LogP contribution in [-0.4, -0.2) is 24.3 Å². The number of hydrazone groups is 1. The largest absolute Gasteiger partial charge is 0.462 e. The van der Waals surface area contributed by atoms with E-state index in [0.29, 0.717) is 46.6 Å². The minimum atomic E-state index is -0.207. The van der Waals surface area contributed by atoms with Gasteiger partial charge in [0.1, 0.15) is 6.07 Å². The van der Waals surface area contributed by atoms with Gasteiger partial charge >= 0.3 is 5.97 Å². The fourth-order valence-electron chi connectivity index (χ4n) is 7.06. The molecule has 2 unspecified atom stereocenters. The third-order valence-electron chi connectivity index (χ3n) is 9.00. The number of halogens is 1. The molecule has 6 heteroatoms. The van der Waals surface area contributed by atoms with Crippen LogP contribution in [0.3, 0.4) is 0 Å². The first-order valence-corrected chi connectivity index (χ1v) is 14.4. The molecule has 2 atom stereocenters. The molecule has 0 spiro atoms. The lowest BCUT2D eigenvalue weighted by molar-refractivity contribution is 0.0410. The third kappa shape index (κ3) is 4.77. The number of nitrogens with zero attached hydrogens (tertiary/aromatic N) is 3. The van der Waals surface area contributed by atoms with Gasteiger partial charge in [-0.05, 0) is 86.3 Å². The SMILES string of the molecule is N#Cc1ccc(N2N=C3c4ccc(C(=O)OCC5CCCCC5)cc4CCC3C2C2CCCC2)cc1Cl. The first-order chi connectivity index (χ1) is 18.1. The second-order valence-electron chi connectivity index (χ2n) is 11.3. The van der Waals surface area contributed by atoms with Crippen LogP contribution in [0.25, 0.3) is 0 Å². The summed E-state index contributed by atoms with van der Waals surface area (Å²) in [6.07, 6.45) is 13.1. The molecule has 2 saturated carbocycles. The molecule has 3 aliphatic carbocycles. The van der Waals surface area contributed by atoms with E-state index in [4.69, 9.17) is 21.4 Å². The van der Waals surface area contributed by atoms with Crippen molar-refractivity contribution in [3.63, 3.8) is 0 Å². The van der Waals surface area contributed by atoms with Crippen LogP contribution >= 0.6 is 11.6 Å². The Morgan fingerprint density at radius 1 is 1.03 bits per heavy atom. The van der Waals surface area contributed by atoms with Crippen LogP contribution in [0.4, 0.5) is 5.69 Å². The zero-order valence-corrected chi connectivity index (χ0v) is 22.1. The summed E-state index contributed by atoms with van der Waals surface area (Å²) in [4.78, 5) is 12.9. The highest BCUT2D eigenvalue weighted by molar-refractivity contribution is 6.32. The number of carbonyl (C=O) groups excluding carboxylic acids is 1. The van der Waals surface area contributed by atoms with Crippen LogP contribution in [0.2, 0.25) is 5.02 Å². The van der Waals surface area contributed by atoms with Crippen molar-refractivity contribution in [3.8, 4) is 6.07 Å². The quantitative estimate of drug-likeness (QED) is 0.392. The summed E-state index contributed by atoms with van der Waals surface area (Å²) >= 11 is 6.43. The molecule has 0 amide bonds. The van der Waals surface area contributed by atoms with Gasteiger partial charge in [-0.25, -0.2) is 4.79 Å². The Balaban J connectivity index is 1.27. The smallest absolute Gasteiger partial charge is 0.338 e. The average molecular weight is 516 g/mol. The second-order valence-corrected chi connectivity index (χ2v) is 11.7. The zero-order valence-electron chi connectivity index (χ0n) is 21.3. The van der Waals surface area contributed by atoms with Crippen molar-refractivity contribution in [2.45, 2.75) is 76.7 Å². The maximum absolute atomic E-state index is 12.9. The van der Waals surface area contributed by atoms with E-state index in [1.807, 2.05) is 24.3 Å². The Labute approximate surface area is 224 Å². The lowest BCUT2D eigenvalue weighted by Gasteiger charge is -2.34. The fraction of sp³-hybridized carbons (Fsp3) is 0.516. The van der Waals surface area contributed by atoms with Crippen molar-refractivity contribution in [1.82, 2.24) is 0 Å². The number of aryl methyl sites for hydroxylation is 1. The van der Waals surface area contributed by atoms with Gasteiger partial charge in [-0.15, -0.1) is 0 Å². The summed E-state index contributed by atoms with van der Waals surface area (Å²) in [5.41, 5.74) is 5.56. The van der Waals surface area contributed by atoms with E-state index in [1.54, 1.807) is 6.07 Å². The Morgan fingerprint density at radius 3 is 2.57 bits per heavy atom. The maximum Gasteiger partial charge on any atom is 0.338 e. The standard InChI is InChI=1S/C31H34ClN3O2/c32-28-17-25(13-10-24(28)18-33)35-30(21-8-4-5-9-21)27-15-11-22-16-23(12-14-26(22)29(27)34-35)31(36)37-19-20-6-2-1-3-7-20/h10,12-14,16-17,20-21,27,30H,1-9,11,15,19H2. The summed E-state index contributed by atoms with van der Waals surface area (Å²) in [6.45, 7) is 0.538. The molecule has 2 fully saturated rings. The summed E-state index contributed by atoms with van der Waals surface area (Å²) in [5, 5.41) is 17.2. The van der Waals surface area contributed by atoms with Crippen molar-refractivity contribution in [1.29, 1.82) is 5.26 Å². The van der Waals surface area contributed by atoms with Crippen molar-refractivity contribution >= 4 is 29.0 Å². The van der Waals surface area contributed by atoms with Crippen molar-refractivity contribution < 1.29 is 9.53 Å². The molecule has 5 nitrogen and oxygen atoms in total. The van der Waals surface area contributed by atoms with Crippen molar-refractivity contribution in [2.75, 3.05) is 11.6 Å². The van der Waals surface area contributed by atoms with Crippen LogP contribution in [0.1, 0.15) is 91.3 Å². The van der Waals surface area contributed by atoms with E-state index in [-0.39, 0.29) is 5.97 Å². The van der Waals surface area contributed by atoms with Crippen LogP contribution in [0.5, 0.6) is 0 Å². The molecular weight excluding hydrogens is 482 g/mol. The molecule has 0 saturated heterocycles. The number of carbonyl (C=O) groups is 1. The molecule has 1 aliphatic heterocycles. The van der Waals surface area contributed by atoms with Gasteiger partial charge in [0, 0.05) is 11.5 Å². The van der Waals surface area contributed by atoms with Gasteiger partial charge in [0.2, 0.25) is 0 Å². The van der Waals surface area contributed by atoms with E-state index in [0.717, 1.165) is 29.8 Å². The van der Waals surface area contributed by atoms with Gasteiger partial charge < -0.3 is 4.74 Å². The van der Waals surface area contributed by atoms with E-state index >= 15 is 0 Å². The van der Waals surface area contributed by atoms with Crippen LogP contribution < -0.4 is 5.01 Å². The number of fused-ring (bicyclic) bond motifs is 3. The molecule has 2 aromatic rings. The number of hydrogen-bond donors (Lipinski definition) is 0. The number of ether oxygens (including phenoxy) is 1. The molecular formula is C31H34ClN3O2. The van der Waals surface area contributed by atoms with Gasteiger partial charge in [0.05, 0.1) is 40.2 Å². The van der Waals surface area contributed by atoms with Crippen LogP contribution in [0, 0.1) is 29.1 Å². The lowest BCUT2D eigenvalue weighted by atomic mass is 9.75. The molecule has 4 aliphatic rings. The first-order valence-electron chi connectivity index (χ1n) is 14.0. The molecule has 1 heterocycles. The van der Waals surface area contributed by atoms with Gasteiger partial charge in [0.15, 0.2) is 0 Å². The van der Waals surface area contributed by atoms with E-state index < -0.39 is 0 Å². The Hall–Kier alpha value is -2.84. The topological polar surface area (TPSA) is 65.7 Å². The highest BCUT2D eigenvalue weighted by Crippen LogP contribution is 2.45. The molecule has 0 N–H and O–H groups in total. The highest BCUT2D eigenvalue weighted by Gasteiger charge is 2.45. The lowest BCUT2D eigenvalue weighted by Crippen LogP contribution is -2.40. The molecule has 2 aromatic carbocycles. The van der Waals surface area contributed by atoms with Gasteiger partial charge in [-0.3, -0.25) is 5.01 Å². The van der Waals surface area contributed by atoms with Gasteiger partial charge in [0.25, 0.3) is 0 Å². The molecule has 192 valence electrons. The number of nitriles is 1. The molecule has 37 heavy (non-hydrogen) atoms. The maximum atomic E-state index is 12.9. The Bertz CT molecular complexity index is 1250. The number of esters is 1. The fourth-order valence-corrected chi connectivity index (χ4v) is 7.28. The van der Waals surface area contributed by atoms with E-state index in [9.17, 15) is 10.1 Å². The summed E-state index contributed by atoms with van der Waals surface area (Å²) < 4.78 is 5.72. The molecule has 0 aromatic heterocycles. The monoisotopic (exact) mass is 515 g/mol. The Morgan fingerprint density at radius 2 is 1.81 bits per heavy atom. The minimum absolute atomic E-state index is 0.207. The van der Waals surface area contributed by atoms with E-state index in [2.05, 4.69) is 17.1 Å². The predicted octanol–water partition coefficient (Wildman–Crippen LogP) is 7.29. The second kappa shape index (κ2) is 10.5. The van der Waals surface area contributed by atoms with Crippen molar-refractivity contribution in [3.05, 3.63) is 63.7 Å². The average Bonchev–Trinajstić information content (AvgIpc) is 3.60. The number of rotatable bonds is 5. The number of hydrogen-bond acceptors (Lipinski definition) is 5. The molecule has 6 rings (SSSR count). The number of anilines is 1. The highest BCUT2D eigenvalue weighted by atomic mass is 35.5. The van der Waals surface area contributed by atoms with Gasteiger partial charge in [-0.2, -0.15) is 10.4 Å². The van der Waals surface area contributed by atoms with Gasteiger partial charge in [-0.1, -0.05) is 49.8 Å². The van der Waals surface area contributed by atoms with Crippen LogP contribution in [0.15, 0.2) is 41.5 Å². The third-order valence-corrected chi connectivity index (χ3v) is 9.31. The zero-order chi connectivity index (χ0) is 25.4.